The second kappa shape index (κ2) is 9.73. The summed E-state index contributed by atoms with van der Waals surface area (Å²) in [7, 11) is 1.88. The van der Waals surface area contributed by atoms with Crippen molar-refractivity contribution in [2.45, 2.75) is 39.0 Å². The molecule has 3 fully saturated rings. The number of nitrogens with zero attached hydrogens (tertiary/aromatic N) is 4. The van der Waals surface area contributed by atoms with Gasteiger partial charge in [-0.2, -0.15) is 0 Å². The van der Waals surface area contributed by atoms with Crippen molar-refractivity contribution in [3.8, 4) is 0 Å². The minimum Gasteiger partial charge on any atom is -0.378 e. The Bertz CT molecular complexity index is 505. The number of ether oxygens (including phenoxy) is 1. The molecule has 0 bridgehead atoms. The molecule has 7 nitrogen and oxygen atoms in total. The molecule has 2 heterocycles. The Morgan fingerprint density at radius 2 is 1.70 bits per heavy atom. The van der Waals surface area contributed by atoms with Crippen LogP contribution in [0.4, 0.5) is 0 Å². The third-order valence-electron chi connectivity index (χ3n) is 6.64. The molecule has 2 aliphatic heterocycles. The van der Waals surface area contributed by atoms with E-state index in [1.165, 1.54) is 32.1 Å². The first kappa shape index (κ1) is 20.4. The monoisotopic (exact) mass is 379 g/mol. The van der Waals surface area contributed by atoms with Gasteiger partial charge < -0.3 is 19.9 Å². The van der Waals surface area contributed by atoms with E-state index in [2.05, 4.69) is 27.0 Å². The molecule has 1 amide bonds. The molecule has 0 aromatic heterocycles. The number of carbonyl (C=O) groups excluding carboxylic acids is 1. The van der Waals surface area contributed by atoms with E-state index in [0.717, 1.165) is 51.8 Å². The minimum atomic E-state index is 0.236. The van der Waals surface area contributed by atoms with Crippen LogP contribution >= 0.6 is 0 Å². The molecule has 0 spiro atoms. The van der Waals surface area contributed by atoms with Crippen molar-refractivity contribution >= 4 is 11.9 Å². The third-order valence-corrected chi connectivity index (χ3v) is 6.64. The molecule has 0 aromatic rings. The van der Waals surface area contributed by atoms with E-state index in [0.29, 0.717) is 25.2 Å². The second-order valence-corrected chi connectivity index (χ2v) is 8.22. The zero-order chi connectivity index (χ0) is 19.1. The lowest BCUT2D eigenvalue weighted by molar-refractivity contribution is -0.136. The van der Waals surface area contributed by atoms with Gasteiger partial charge in [-0.15, -0.1) is 0 Å². The fourth-order valence-corrected chi connectivity index (χ4v) is 4.60. The lowest BCUT2D eigenvalue weighted by atomic mass is 9.83. The molecule has 7 heteroatoms. The maximum Gasteiger partial charge on any atom is 0.236 e. The van der Waals surface area contributed by atoms with Crippen molar-refractivity contribution in [3.63, 3.8) is 0 Å². The summed E-state index contributed by atoms with van der Waals surface area (Å²) in [6.07, 6.45) is 6.65. The summed E-state index contributed by atoms with van der Waals surface area (Å²) in [5.41, 5.74) is 0.461. The summed E-state index contributed by atoms with van der Waals surface area (Å²) in [5, 5.41) is 3.65. The van der Waals surface area contributed by atoms with Crippen LogP contribution in [-0.4, -0.2) is 99.2 Å². The highest BCUT2D eigenvalue weighted by Crippen LogP contribution is 2.40. The molecular formula is C20H37N5O2. The normalized spacial score (nSPS) is 24.3. The Kier molecular flexibility index (Phi) is 7.35. The first-order valence-electron chi connectivity index (χ1n) is 10.7. The number of amides is 1. The molecule has 2 saturated heterocycles. The van der Waals surface area contributed by atoms with Crippen LogP contribution in [0.2, 0.25) is 0 Å². The van der Waals surface area contributed by atoms with Crippen LogP contribution < -0.4 is 5.32 Å². The van der Waals surface area contributed by atoms with Crippen LogP contribution in [0.3, 0.4) is 0 Å². The SMILES string of the molecule is CCC1(CNC(=NC)N2CCN(CC(=O)N3CCOCC3)CC2)CCCC1. The largest absolute Gasteiger partial charge is 0.378 e. The lowest BCUT2D eigenvalue weighted by Crippen LogP contribution is -2.55. The first-order valence-corrected chi connectivity index (χ1v) is 10.7. The Hall–Kier alpha value is -1.34. The number of piperazine rings is 1. The highest BCUT2D eigenvalue weighted by atomic mass is 16.5. The predicted octanol–water partition coefficient (Wildman–Crippen LogP) is 1.01. The van der Waals surface area contributed by atoms with Crippen molar-refractivity contribution in [2.24, 2.45) is 10.4 Å². The molecule has 0 radical (unpaired) electrons. The number of guanidine groups is 1. The zero-order valence-corrected chi connectivity index (χ0v) is 17.2. The molecule has 1 saturated carbocycles. The summed E-state index contributed by atoms with van der Waals surface area (Å²) >= 11 is 0. The molecule has 3 rings (SSSR count). The minimum absolute atomic E-state index is 0.236. The Morgan fingerprint density at radius 1 is 1.04 bits per heavy atom. The van der Waals surface area contributed by atoms with Gasteiger partial charge in [-0.1, -0.05) is 19.8 Å². The Labute approximate surface area is 164 Å². The van der Waals surface area contributed by atoms with E-state index in [1.807, 2.05) is 11.9 Å². The summed E-state index contributed by atoms with van der Waals surface area (Å²) in [4.78, 5) is 23.5. The Balaban J connectivity index is 1.42. The number of rotatable bonds is 5. The molecule has 154 valence electrons. The van der Waals surface area contributed by atoms with Gasteiger partial charge in [-0.05, 0) is 24.7 Å². The van der Waals surface area contributed by atoms with Gasteiger partial charge >= 0.3 is 0 Å². The van der Waals surface area contributed by atoms with Crippen molar-refractivity contribution in [3.05, 3.63) is 0 Å². The molecule has 0 unspecified atom stereocenters. The van der Waals surface area contributed by atoms with E-state index >= 15 is 0 Å². The number of morpholine rings is 1. The van der Waals surface area contributed by atoms with Crippen LogP contribution in [0, 0.1) is 5.41 Å². The molecule has 1 aliphatic carbocycles. The van der Waals surface area contributed by atoms with Crippen LogP contribution in [0.1, 0.15) is 39.0 Å². The quantitative estimate of drug-likeness (QED) is 0.571. The van der Waals surface area contributed by atoms with Crippen molar-refractivity contribution < 1.29 is 9.53 Å². The van der Waals surface area contributed by atoms with Gasteiger partial charge in [0.25, 0.3) is 0 Å². The van der Waals surface area contributed by atoms with Crippen molar-refractivity contribution in [1.29, 1.82) is 0 Å². The molecule has 0 atom stereocenters. The maximum atomic E-state index is 12.4. The van der Waals surface area contributed by atoms with Gasteiger partial charge in [0.1, 0.15) is 0 Å². The smallest absolute Gasteiger partial charge is 0.236 e. The summed E-state index contributed by atoms with van der Waals surface area (Å²) in [6.45, 7) is 10.4. The molecule has 1 N–H and O–H groups in total. The summed E-state index contributed by atoms with van der Waals surface area (Å²) in [6, 6.07) is 0. The number of aliphatic imine (C=N–C) groups is 1. The highest BCUT2D eigenvalue weighted by Gasteiger charge is 2.32. The fraction of sp³-hybridized carbons (Fsp3) is 0.900. The third kappa shape index (κ3) is 5.35. The number of hydrogen-bond donors (Lipinski definition) is 1. The van der Waals surface area contributed by atoms with Crippen LogP contribution in [0.25, 0.3) is 0 Å². The van der Waals surface area contributed by atoms with Gasteiger partial charge in [0.2, 0.25) is 5.91 Å². The lowest BCUT2D eigenvalue weighted by Gasteiger charge is -2.38. The Morgan fingerprint density at radius 3 is 2.30 bits per heavy atom. The van der Waals surface area contributed by atoms with Gasteiger partial charge in [0.15, 0.2) is 5.96 Å². The van der Waals surface area contributed by atoms with Gasteiger partial charge in [0, 0.05) is 52.9 Å². The predicted molar refractivity (Wildman–Crippen MR) is 108 cm³/mol. The van der Waals surface area contributed by atoms with Gasteiger partial charge in [0.05, 0.1) is 19.8 Å². The van der Waals surface area contributed by atoms with Crippen LogP contribution in [-0.2, 0) is 9.53 Å². The summed E-state index contributed by atoms with van der Waals surface area (Å²) in [5.74, 6) is 1.26. The van der Waals surface area contributed by atoms with E-state index in [1.54, 1.807) is 0 Å². The molecule has 3 aliphatic rings. The number of nitrogens with one attached hydrogen (secondary N) is 1. The van der Waals surface area contributed by atoms with Gasteiger partial charge in [-0.25, -0.2) is 0 Å². The maximum absolute atomic E-state index is 12.4. The average molecular weight is 380 g/mol. The fourth-order valence-electron chi connectivity index (χ4n) is 4.60. The van der Waals surface area contributed by atoms with E-state index in [4.69, 9.17) is 4.74 Å². The molecular weight excluding hydrogens is 342 g/mol. The van der Waals surface area contributed by atoms with Crippen molar-refractivity contribution in [2.75, 3.05) is 72.6 Å². The molecule has 27 heavy (non-hydrogen) atoms. The van der Waals surface area contributed by atoms with E-state index in [-0.39, 0.29) is 5.91 Å². The highest BCUT2D eigenvalue weighted by molar-refractivity contribution is 5.80. The van der Waals surface area contributed by atoms with Gasteiger partial charge in [-0.3, -0.25) is 14.7 Å². The topological polar surface area (TPSA) is 60.4 Å². The van der Waals surface area contributed by atoms with Crippen LogP contribution in [0.5, 0.6) is 0 Å². The molecule has 0 aromatic carbocycles. The van der Waals surface area contributed by atoms with E-state index < -0.39 is 0 Å². The average Bonchev–Trinajstić information content (AvgIpc) is 3.20. The standard InChI is InChI=1S/C20H37N5O2/c1-3-20(6-4-5-7-20)17-22-19(21-2)25-10-8-23(9-11-25)16-18(26)24-12-14-27-15-13-24/h3-17H2,1-2H3,(H,21,22). The van der Waals surface area contributed by atoms with Crippen LogP contribution in [0.15, 0.2) is 4.99 Å². The first-order chi connectivity index (χ1) is 13.2. The zero-order valence-electron chi connectivity index (χ0n) is 17.2. The van der Waals surface area contributed by atoms with E-state index in [9.17, 15) is 4.79 Å². The second-order valence-electron chi connectivity index (χ2n) is 8.22. The number of hydrogen-bond acceptors (Lipinski definition) is 4. The van der Waals surface area contributed by atoms with Crippen molar-refractivity contribution in [1.82, 2.24) is 20.0 Å². The number of carbonyl (C=O) groups is 1. The summed E-state index contributed by atoms with van der Waals surface area (Å²) < 4.78 is 5.33.